The quantitative estimate of drug-likeness (QED) is 0.922. The van der Waals surface area contributed by atoms with E-state index in [-0.39, 0.29) is 10.9 Å². The van der Waals surface area contributed by atoms with Gasteiger partial charge < -0.3 is 4.42 Å². The van der Waals surface area contributed by atoms with Crippen LogP contribution in [0.1, 0.15) is 36.2 Å². The van der Waals surface area contributed by atoms with Gasteiger partial charge in [-0.3, -0.25) is 0 Å². The maximum atomic E-state index is 12.4. The lowest BCUT2D eigenvalue weighted by Gasteiger charge is -2.22. The Bertz CT molecular complexity index is 732. The summed E-state index contributed by atoms with van der Waals surface area (Å²) in [7, 11) is -3.62. The normalized spacial score (nSPS) is 19.0. The summed E-state index contributed by atoms with van der Waals surface area (Å²) in [6.07, 6.45) is 3.04. The van der Waals surface area contributed by atoms with E-state index in [0.29, 0.717) is 23.8 Å². The van der Waals surface area contributed by atoms with E-state index in [1.165, 1.54) is 12.4 Å². The molecule has 20 heavy (non-hydrogen) atoms. The average molecular weight is 296 g/mol. The van der Waals surface area contributed by atoms with E-state index in [0.717, 1.165) is 13.0 Å². The average Bonchev–Trinajstić information content (AvgIpc) is 2.96. The molecule has 8 heteroatoms. The molecule has 3 rings (SSSR count). The first-order valence-corrected chi connectivity index (χ1v) is 7.93. The van der Waals surface area contributed by atoms with Gasteiger partial charge in [-0.05, 0) is 32.8 Å². The zero-order valence-electron chi connectivity index (χ0n) is 11.3. The minimum absolute atomic E-state index is 0.187. The third-order valence-electron chi connectivity index (χ3n) is 3.40. The number of nitrogens with one attached hydrogen (secondary N) is 1. The highest BCUT2D eigenvalue weighted by molar-refractivity contribution is 7.89. The van der Waals surface area contributed by atoms with Gasteiger partial charge in [0.15, 0.2) is 0 Å². The molecule has 2 aromatic heterocycles. The molecule has 0 bridgehead atoms. The summed E-state index contributed by atoms with van der Waals surface area (Å²) in [4.78, 5) is 4.33. The molecule has 0 radical (unpaired) electrons. The first kappa shape index (κ1) is 13.3. The number of sulfonamides is 1. The van der Waals surface area contributed by atoms with Gasteiger partial charge in [0.25, 0.3) is 0 Å². The van der Waals surface area contributed by atoms with Crippen molar-refractivity contribution >= 4 is 10.0 Å². The number of aryl methyl sites for hydroxylation is 3. The predicted molar refractivity (Wildman–Crippen MR) is 70.5 cm³/mol. The van der Waals surface area contributed by atoms with E-state index in [9.17, 15) is 8.42 Å². The van der Waals surface area contributed by atoms with Gasteiger partial charge in [0, 0.05) is 6.54 Å². The summed E-state index contributed by atoms with van der Waals surface area (Å²) in [5, 5.41) is 4.08. The molecule has 0 saturated heterocycles. The molecule has 0 amide bonds. The Morgan fingerprint density at radius 2 is 2.25 bits per heavy atom. The van der Waals surface area contributed by atoms with Crippen LogP contribution in [0, 0.1) is 13.8 Å². The molecule has 3 heterocycles. The Kier molecular flexibility index (Phi) is 3.14. The van der Waals surface area contributed by atoms with Gasteiger partial charge in [-0.2, -0.15) is 5.10 Å². The molecule has 0 unspecified atom stereocenters. The van der Waals surface area contributed by atoms with Gasteiger partial charge in [0.05, 0.1) is 6.04 Å². The van der Waals surface area contributed by atoms with Gasteiger partial charge in [-0.1, -0.05) is 0 Å². The minimum Gasteiger partial charge on any atom is -0.465 e. The molecule has 1 N–H and O–H groups in total. The number of fused-ring (bicyclic) bond motifs is 1. The largest absolute Gasteiger partial charge is 0.465 e. The standard InChI is InChI=1S/C12H16N4O3S/c1-8-6-11(9(2)19-8)20(17,18)15-10-4-3-5-16-12(10)13-7-14-16/h6-7,10,15H,3-5H2,1-2H3/t10-/m0/s1. The van der Waals surface area contributed by atoms with Crippen molar-refractivity contribution in [3.63, 3.8) is 0 Å². The predicted octanol–water partition coefficient (Wildman–Crippen LogP) is 1.30. The van der Waals surface area contributed by atoms with Crippen LogP contribution in [0.15, 0.2) is 21.7 Å². The molecular formula is C12H16N4O3S. The molecule has 0 aliphatic carbocycles. The second-order valence-electron chi connectivity index (χ2n) is 4.93. The SMILES string of the molecule is Cc1cc(S(=O)(=O)N[C@H]2CCCn3ncnc32)c(C)o1. The van der Waals surface area contributed by atoms with Gasteiger partial charge in [0.1, 0.15) is 28.6 Å². The topological polar surface area (TPSA) is 90.0 Å². The first-order chi connectivity index (χ1) is 9.47. The maximum Gasteiger partial charge on any atom is 0.244 e. The molecule has 7 nitrogen and oxygen atoms in total. The summed E-state index contributed by atoms with van der Waals surface area (Å²) in [5.41, 5.74) is 0. The number of nitrogens with zero attached hydrogens (tertiary/aromatic N) is 3. The lowest BCUT2D eigenvalue weighted by Crippen LogP contribution is -2.33. The van der Waals surface area contributed by atoms with Crippen molar-refractivity contribution in [2.24, 2.45) is 0 Å². The van der Waals surface area contributed by atoms with Gasteiger partial charge in [-0.25, -0.2) is 22.8 Å². The highest BCUT2D eigenvalue weighted by Gasteiger charge is 2.29. The lowest BCUT2D eigenvalue weighted by molar-refractivity contribution is 0.399. The summed E-state index contributed by atoms with van der Waals surface area (Å²) < 4.78 is 34.6. The molecule has 0 spiro atoms. The highest BCUT2D eigenvalue weighted by Crippen LogP contribution is 2.26. The number of furan rings is 1. The monoisotopic (exact) mass is 296 g/mol. The van der Waals surface area contributed by atoms with Crippen molar-refractivity contribution in [2.75, 3.05) is 0 Å². The number of rotatable bonds is 3. The Balaban J connectivity index is 1.91. The van der Waals surface area contributed by atoms with Crippen LogP contribution in [-0.4, -0.2) is 23.2 Å². The zero-order valence-corrected chi connectivity index (χ0v) is 12.1. The molecule has 1 aliphatic heterocycles. The first-order valence-electron chi connectivity index (χ1n) is 6.44. The lowest BCUT2D eigenvalue weighted by atomic mass is 10.1. The van der Waals surface area contributed by atoms with E-state index in [4.69, 9.17) is 4.42 Å². The van der Waals surface area contributed by atoms with Crippen molar-refractivity contribution < 1.29 is 12.8 Å². The third-order valence-corrected chi connectivity index (χ3v) is 4.98. The fourth-order valence-electron chi connectivity index (χ4n) is 2.53. The Morgan fingerprint density at radius 3 is 2.95 bits per heavy atom. The minimum atomic E-state index is -3.62. The van der Waals surface area contributed by atoms with Crippen molar-refractivity contribution in [1.82, 2.24) is 19.5 Å². The second kappa shape index (κ2) is 4.71. The molecule has 0 aromatic carbocycles. The van der Waals surface area contributed by atoms with Crippen LogP contribution in [0.3, 0.4) is 0 Å². The van der Waals surface area contributed by atoms with Crippen molar-refractivity contribution in [1.29, 1.82) is 0 Å². The van der Waals surface area contributed by atoms with Crippen LogP contribution in [0.25, 0.3) is 0 Å². The van der Waals surface area contributed by atoms with E-state index in [2.05, 4.69) is 14.8 Å². The molecule has 0 fully saturated rings. The Hall–Kier alpha value is -1.67. The van der Waals surface area contributed by atoms with E-state index in [1.807, 2.05) is 0 Å². The summed E-state index contributed by atoms with van der Waals surface area (Å²) >= 11 is 0. The molecule has 1 aliphatic rings. The van der Waals surface area contributed by atoms with Crippen molar-refractivity contribution in [2.45, 2.75) is 44.2 Å². The Morgan fingerprint density at radius 1 is 1.45 bits per heavy atom. The second-order valence-corrected chi connectivity index (χ2v) is 6.62. The number of aromatic nitrogens is 3. The maximum absolute atomic E-state index is 12.4. The molecule has 108 valence electrons. The van der Waals surface area contributed by atoms with Gasteiger partial charge in [0.2, 0.25) is 10.0 Å². The fourth-order valence-corrected chi connectivity index (χ4v) is 3.99. The highest BCUT2D eigenvalue weighted by atomic mass is 32.2. The summed E-state index contributed by atoms with van der Waals surface area (Å²) in [6, 6.07) is 1.19. The molecule has 2 aromatic rings. The van der Waals surface area contributed by atoms with E-state index < -0.39 is 10.0 Å². The van der Waals surface area contributed by atoms with Crippen LogP contribution in [0.2, 0.25) is 0 Å². The van der Waals surface area contributed by atoms with Crippen molar-refractivity contribution in [3.05, 3.63) is 29.7 Å². The van der Waals surface area contributed by atoms with E-state index >= 15 is 0 Å². The van der Waals surface area contributed by atoms with Crippen LogP contribution >= 0.6 is 0 Å². The Labute approximate surface area is 117 Å². The summed E-state index contributed by atoms with van der Waals surface area (Å²) in [5.74, 6) is 1.64. The molecule has 0 saturated carbocycles. The summed E-state index contributed by atoms with van der Waals surface area (Å²) in [6.45, 7) is 4.14. The smallest absolute Gasteiger partial charge is 0.244 e. The van der Waals surface area contributed by atoms with Crippen LogP contribution in [0.5, 0.6) is 0 Å². The van der Waals surface area contributed by atoms with Crippen LogP contribution in [0.4, 0.5) is 0 Å². The van der Waals surface area contributed by atoms with Gasteiger partial charge >= 0.3 is 0 Å². The fraction of sp³-hybridized carbons (Fsp3) is 0.500. The van der Waals surface area contributed by atoms with Gasteiger partial charge in [-0.15, -0.1) is 0 Å². The number of hydrogen-bond donors (Lipinski definition) is 1. The number of hydrogen-bond acceptors (Lipinski definition) is 5. The van der Waals surface area contributed by atoms with Crippen molar-refractivity contribution in [3.8, 4) is 0 Å². The van der Waals surface area contributed by atoms with E-state index in [1.54, 1.807) is 18.5 Å². The third kappa shape index (κ3) is 2.25. The van der Waals surface area contributed by atoms with Crippen LogP contribution < -0.4 is 4.72 Å². The molecular weight excluding hydrogens is 280 g/mol. The zero-order chi connectivity index (χ0) is 14.3. The molecule has 1 atom stereocenters. The van der Waals surface area contributed by atoms with Crippen LogP contribution in [-0.2, 0) is 16.6 Å².